The van der Waals surface area contributed by atoms with E-state index in [9.17, 15) is 0 Å². The molecular formula is C46H28N2. The van der Waals surface area contributed by atoms with E-state index in [1.807, 2.05) is 6.07 Å². The molecule has 9 aromatic carbocycles. The molecule has 0 aliphatic heterocycles. The van der Waals surface area contributed by atoms with Crippen LogP contribution in [0.5, 0.6) is 0 Å². The van der Waals surface area contributed by atoms with Crippen LogP contribution in [0.3, 0.4) is 0 Å². The first-order valence-electron chi connectivity index (χ1n) is 16.4. The molecule has 0 unspecified atom stereocenters. The monoisotopic (exact) mass is 608 g/mol. The van der Waals surface area contributed by atoms with Gasteiger partial charge in [0.05, 0.1) is 11.4 Å². The Bertz CT molecular complexity index is 2890. The van der Waals surface area contributed by atoms with Crippen molar-refractivity contribution in [3.63, 3.8) is 0 Å². The minimum absolute atomic E-state index is 0.730. The lowest BCUT2D eigenvalue weighted by molar-refractivity contribution is 1.19. The van der Waals surface area contributed by atoms with Gasteiger partial charge in [0.1, 0.15) is 0 Å². The molecule has 48 heavy (non-hydrogen) atoms. The fourth-order valence-corrected chi connectivity index (χ4v) is 7.51. The maximum absolute atomic E-state index is 5.38. The number of nitrogens with zero attached hydrogens (tertiary/aromatic N) is 2. The van der Waals surface area contributed by atoms with Gasteiger partial charge in [-0.3, -0.25) is 0 Å². The van der Waals surface area contributed by atoms with Crippen molar-refractivity contribution in [1.82, 2.24) is 9.97 Å². The molecule has 222 valence electrons. The molecule has 2 heteroatoms. The van der Waals surface area contributed by atoms with Crippen molar-refractivity contribution in [3.05, 3.63) is 170 Å². The number of aromatic nitrogens is 2. The second-order valence-electron chi connectivity index (χ2n) is 12.6. The second kappa shape index (κ2) is 10.6. The maximum Gasteiger partial charge on any atom is 0.161 e. The molecule has 0 fully saturated rings. The predicted molar refractivity (Wildman–Crippen MR) is 203 cm³/mol. The third kappa shape index (κ3) is 4.20. The molecule has 0 atom stereocenters. The summed E-state index contributed by atoms with van der Waals surface area (Å²) >= 11 is 0. The highest BCUT2D eigenvalue weighted by Crippen LogP contribution is 2.40. The van der Waals surface area contributed by atoms with E-state index in [-0.39, 0.29) is 0 Å². The van der Waals surface area contributed by atoms with E-state index in [1.165, 1.54) is 53.9 Å². The smallest absolute Gasteiger partial charge is 0.161 e. The van der Waals surface area contributed by atoms with E-state index in [0.717, 1.165) is 44.7 Å². The molecule has 2 nitrogen and oxygen atoms in total. The van der Waals surface area contributed by atoms with Gasteiger partial charge in [-0.2, -0.15) is 0 Å². The molecule has 0 saturated heterocycles. The zero-order valence-corrected chi connectivity index (χ0v) is 26.1. The minimum Gasteiger partial charge on any atom is -0.228 e. The molecule has 0 saturated carbocycles. The minimum atomic E-state index is 0.730. The summed E-state index contributed by atoms with van der Waals surface area (Å²) in [5.41, 5.74) is 5.00. The van der Waals surface area contributed by atoms with Gasteiger partial charge in [0.25, 0.3) is 0 Å². The van der Waals surface area contributed by atoms with E-state index in [2.05, 4.69) is 164 Å². The molecule has 0 amide bonds. The topological polar surface area (TPSA) is 25.8 Å². The van der Waals surface area contributed by atoms with Crippen molar-refractivity contribution in [1.29, 1.82) is 0 Å². The van der Waals surface area contributed by atoms with Crippen LogP contribution in [0, 0.1) is 0 Å². The Labute approximate surface area is 277 Å². The normalized spacial score (nSPS) is 11.8. The molecule has 10 rings (SSSR count). The fourth-order valence-electron chi connectivity index (χ4n) is 7.51. The molecule has 0 spiro atoms. The molecular weight excluding hydrogens is 581 g/mol. The lowest BCUT2D eigenvalue weighted by atomic mass is 9.92. The highest BCUT2D eigenvalue weighted by atomic mass is 14.9. The van der Waals surface area contributed by atoms with E-state index in [0.29, 0.717) is 0 Å². The Morgan fingerprint density at radius 1 is 0.271 bits per heavy atom. The van der Waals surface area contributed by atoms with Crippen LogP contribution in [0.25, 0.3) is 98.5 Å². The van der Waals surface area contributed by atoms with Crippen molar-refractivity contribution in [3.8, 4) is 33.9 Å². The van der Waals surface area contributed by atoms with Gasteiger partial charge in [-0.25, -0.2) is 9.97 Å². The molecule has 0 N–H and O–H groups in total. The number of hydrogen-bond donors (Lipinski definition) is 0. The summed E-state index contributed by atoms with van der Waals surface area (Å²) < 4.78 is 0. The van der Waals surface area contributed by atoms with Crippen LogP contribution in [0.2, 0.25) is 0 Å². The summed E-state index contributed by atoms with van der Waals surface area (Å²) in [6, 6.07) is 60.9. The first kappa shape index (κ1) is 26.8. The molecule has 1 aromatic heterocycles. The third-order valence-electron chi connectivity index (χ3n) is 9.83. The van der Waals surface area contributed by atoms with E-state index < -0.39 is 0 Å². The van der Waals surface area contributed by atoms with Gasteiger partial charge in [0.2, 0.25) is 0 Å². The standard InChI is InChI=1S/C46H28N2/c1-2-12-31(13-3-1)43-28-44(34-21-22-37-33(26-34)20-24-39-35-15-7-4-10-29(35)18-23-40(37)39)48-46(47-43)45-38-17-9-6-14-32(38)27-42-36-16-8-5-11-30(36)19-25-41(42)45/h1-28H. The molecule has 10 aromatic rings. The molecule has 0 radical (unpaired) electrons. The van der Waals surface area contributed by atoms with Crippen molar-refractivity contribution in [2.75, 3.05) is 0 Å². The van der Waals surface area contributed by atoms with E-state index >= 15 is 0 Å². The van der Waals surface area contributed by atoms with Crippen LogP contribution in [0.4, 0.5) is 0 Å². The largest absolute Gasteiger partial charge is 0.228 e. The van der Waals surface area contributed by atoms with Crippen molar-refractivity contribution < 1.29 is 0 Å². The molecule has 1 heterocycles. The maximum atomic E-state index is 5.38. The Morgan fingerprint density at radius 2 is 0.771 bits per heavy atom. The van der Waals surface area contributed by atoms with Crippen molar-refractivity contribution >= 4 is 64.6 Å². The van der Waals surface area contributed by atoms with Crippen LogP contribution in [0.15, 0.2) is 170 Å². The van der Waals surface area contributed by atoms with Crippen LogP contribution in [-0.4, -0.2) is 9.97 Å². The fraction of sp³-hybridized carbons (Fsp3) is 0. The van der Waals surface area contributed by atoms with Crippen LogP contribution in [0.1, 0.15) is 0 Å². The zero-order valence-electron chi connectivity index (χ0n) is 26.1. The highest BCUT2D eigenvalue weighted by molar-refractivity contribution is 6.20. The van der Waals surface area contributed by atoms with Gasteiger partial charge in [-0.05, 0) is 82.8 Å². The Morgan fingerprint density at radius 3 is 1.50 bits per heavy atom. The highest BCUT2D eigenvalue weighted by Gasteiger charge is 2.18. The number of hydrogen-bond acceptors (Lipinski definition) is 2. The number of fused-ring (bicyclic) bond motifs is 9. The van der Waals surface area contributed by atoms with Crippen LogP contribution < -0.4 is 0 Å². The summed E-state index contributed by atoms with van der Waals surface area (Å²) in [5.74, 6) is 0.730. The van der Waals surface area contributed by atoms with Gasteiger partial charge >= 0.3 is 0 Å². The number of benzene rings is 9. The van der Waals surface area contributed by atoms with Gasteiger partial charge in [-0.15, -0.1) is 0 Å². The van der Waals surface area contributed by atoms with Crippen molar-refractivity contribution in [2.45, 2.75) is 0 Å². The third-order valence-corrected chi connectivity index (χ3v) is 9.83. The average Bonchev–Trinajstić information content (AvgIpc) is 3.16. The van der Waals surface area contributed by atoms with E-state index in [1.54, 1.807) is 0 Å². The predicted octanol–water partition coefficient (Wildman–Crippen LogP) is 12.4. The first-order chi connectivity index (χ1) is 23.8. The quantitative estimate of drug-likeness (QED) is 0.147. The Hall–Kier alpha value is -6.38. The second-order valence-corrected chi connectivity index (χ2v) is 12.6. The molecule has 0 aliphatic rings. The first-order valence-corrected chi connectivity index (χ1v) is 16.4. The summed E-state index contributed by atoms with van der Waals surface area (Å²) in [5, 5.41) is 14.7. The van der Waals surface area contributed by atoms with Crippen LogP contribution >= 0.6 is 0 Å². The van der Waals surface area contributed by atoms with Gasteiger partial charge in [0.15, 0.2) is 5.82 Å². The SMILES string of the molecule is c1ccc(-c2cc(-c3ccc4c(ccc5c6ccccc6ccc45)c3)nc(-c3c4ccccc4cc4c3ccc3ccccc34)n2)cc1. The molecule has 0 aliphatic carbocycles. The van der Waals surface area contributed by atoms with Gasteiger partial charge in [0, 0.05) is 16.7 Å². The lowest BCUT2D eigenvalue weighted by Gasteiger charge is -2.15. The Kier molecular flexibility index (Phi) is 5.91. The van der Waals surface area contributed by atoms with E-state index in [4.69, 9.17) is 9.97 Å². The number of rotatable bonds is 3. The summed E-state index contributed by atoms with van der Waals surface area (Å²) in [6.45, 7) is 0. The van der Waals surface area contributed by atoms with Gasteiger partial charge in [-0.1, -0.05) is 152 Å². The average molecular weight is 609 g/mol. The molecule has 0 bridgehead atoms. The Balaban J connectivity index is 1.24. The summed E-state index contributed by atoms with van der Waals surface area (Å²) in [6.07, 6.45) is 0. The lowest BCUT2D eigenvalue weighted by Crippen LogP contribution is -1.98. The zero-order chi connectivity index (χ0) is 31.6. The van der Waals surface area contributed by atoms with Crippen LogP contribution in [-0.2, 0) is 0 Å². The summed E-state index contributed by atoms with van der Waals surface area (Å²) in [7, 11) is 0. The summed E-state index contributed by atoms with van der Waals surface area (Å²) in [4.78, 5) is 10.7. The van der Waals surface area contributed by atoms with Crippen molar-refractivity contribution in [2.24, 2.45) is 0 Å². The van der Waals surface area contributed by atoms with Gasteiger partial charge < -0.3 is 0 Å².